The molecule has 2 aromatic carbocycles. The minimum absolute atomic E-state index is 0.119. The summed E-state index contributed by atoms with van der Waals surface area (Å²) in [5, 5.41) is 3.16. The van der Waals surface area contributed by atoms with Crippen LogP contribution in [0.15, 0.2) is 54.7 Å². The first kappa shape index (κ1) is 28.0. The van der Waals surface area contributed by atoms with Crippen molar-refractivity contribution in [3.05, 3.63) is 65.9 Å². The zero-order valence-corrected chi connectivity index (χ0v) is 22.8. The Morgan fingerprint density at radius 3 is 2.24 bits per heavy atom. The fourth-order valence-corrected chi connectivity index (χ4v) is 5.03. The van der Waals surface area contributed by atoms with Gasteiger partial charge in [0.05, 0.1) is 23.9 Å². The fraction of sp³-hybridized carbons (Fsp3) is 0.345. The second-order valence-corrected chi connectivity index (χ2v) is 10.2. The number of hydrogen-bond donors (Lipinski definition) is 2. The van der Waals surface area contributed by atoms with Crippen molar-refractivity contribution < 1.29 is 38.2 Å². The molecule has 12 heteroatoms. The number of piperazine rings is 1. The van der Waals surface area contributed by atoms with Gasteiger partial charge in [-0.05, 0) is 32.0 Å². The molecule has 5 rings (SSSR count). The first-order valence-corrected chi connectivity index (χ1v) is 13.1. The van der Waals surface area contributed by atoms with Crippen molar-refractivity contribution >= 4 is 46.1 Å². The number of Topliss-reactive ketones (excluding diaryl/α,β-unsaturated/α-hetero) is 1. The number of aromatic amines is 1. The topological polar surface area (TPSA) is 147 Å². The van der Waals surface area contributed by atoms with Crippen LogP contribution in [0.2, 0.25) is 0 Å². The van der Waals surface area contributed by atoms with Crippen molar-refractivity contribution in [1.29, 1.82) is 0 Å². The van der Waals surface area contributed by atoms with Crippen molar-refractivity contribution in [1.82, 2.24) is 14.8 Å². The Morgan fingerprint density at radius 2 is 1.56 bits per heavy atom. The molecule has 0 spiro atoms. The van der Waals surface area contributed by atoms with Gasteiger partial charge in [-0.1, -0.05) is 30.3 Å². The first-order valence-electron chi connectivity index (χ1n) is 13.1. The number of fused-ring (bicyclic) bond motifs is 1. The SMILES string of the molecule is COC(=O)[C@H]1OC(C)(C)O[C@@H]1C(=O)Nc1cccc2c(C(=O)C(=O)N3CCN(C(=O)c4ccccc4)CC3)c[nH]c12. The molecule has 0 aliphatic carbocycles. The number of nitrogens with zero attached hydrogens (tertiary/aromatic N) is 2. The molecule has 2 atom stereocenters. The Hall–Kier alpha value is -4.55. The number of hydrogen-bond acceptors (Lipinski definition) is 8. The van der Waals surface area contributed by atoms with Crippen LogP contribution in [0, 0.1) is 0 Å². The normalized spacial score (nSPS) is 20.1. The number of anilines is 1. The Balaban J connectivity index is 1.27. The molecule has 2 aliphatic heterocycles. The molecule has 2 fully saturated rings. The second-order valence-electron chi connectivity index (χ2n) is 10.2. The summed E-state index contributed by atoms with van der Waals surface area (Å²) in [6, 6.07) is 13.8. The molecule has 0 saturated carbocycles. The molecule has 3 aromatic rings. The van der Waals surface area contributed by atoms with Gasteiger partial charge in [-0.15, -0.1) is 0 Å². The zero-order valence-electron chi connectivity index (χ0n) is 22.8. The number of esters is 1. The van der Waals surface area contributed by atoms with Gasteiger partial charge in [0.15, 0.2) is 18.0 Å². The summed E-state index contributed by atoms with van der Waals surface area (Å²) in [6.07, 6.45) is -1.10. The van der Waals surface area contributed by atoms with Gasteiger partial charge in [-0.3, -0.25) is 19.2 Å². The van der Waals surface area contributed by atoms with E-state index in [0.717, 1.165) is 0 Å². The molecule has 2 aliphatic rings. The summed E-state index contributed by atoms with van der Waals surface area (Å²) in [4.78, 5) is 70.4. The Morgan fingerprint density at radius 1 is 0.902 bits per heavy atom. The van der Waals surface area contributed by atoms with Crippen LogP contribution >= 0.6 is 0 Å². The number of ketones is 1. The van der Waals surface area contributed by atoms with Crippen LogP contribution < -0.4 is 5.32 Å². The molecule has 1 aromatic heterocycles. The molecule has 3 amide bonds. The fourth-order valence-electron chi connectivity index (χ4n) is 5.03. The highest BCUT2D eigenvalue weighted by Gasteiger charge is 2.49. The Labute approximate surface area is 235 Å². The van der Waals surface area contributed by atoms with Crippen molar-refractivity contribution in [3.8, 4) is 0 Å². The van der Waals surface area contributed by atoms with Gasteiger partial charge in [0, 0.05) is 43.3 Å². The molecule has 41 heavy (non-hydrogen) atoms. The predicted octanol–water partition coefficient (Wildman–Crippen LogP) is 1.97. The number of carbonyl (C=O) groups excluding carboxylic acids is 5. The minimum Gasteiger partial charge on any atom is -0.467 e. The van der Waals surface area contributed by atoms with E-state index in [1.165, 1.54) is 18.2 Å². The van der Waals surface area contributed by atoms with Crippen LogP contribution in [-0.2, 0) is 28.6 Å². The molecule has 2 saturated heterocycles. The second kappa shape index (κ2) is 11.1. The molecule has 0 unspecified atom stereocenters. The Kier molecular flexibility index (Phi) is 7.61. The maximum absolute atomic E-state index is 13.3. The van der Waals surface area contributed by atoms with Crippen molar-refractivity contribution in [2.45, 2.75) is 31.8 Å². The first-order chi connectivity index (χ1) is 19.6. The molecule has 214 valence electrons. The molecule has 2 N–H and O–H groups in total. The number of benzene rings is 2. The molecular formula is C29H30N4O8. The number of amides is 3. The van der Waals surface area contributed by atoms with E-state index in [4.69, 9.17) is 14.2 Å². The van der Waals surface area contributed by atoms with Crippen LogP contribution in [0.5, 0.6) is 0 Å². The summed E-state index contributed by atoms with van der Waals surface area (Å²) in [5.74, 6) is -4.06. The molecule has 0 radical (unpaired) electrons. The summed E-state index contributed by atoms with van der Waals surface area (Å²) in [6.45, 7) is 4.25. The van der Waals surface area contributed by atoms with Gasteiger partial charge in [0.25, 0.3) is 23.5 Å². The maximum Gasteiger partial charge on any atom is 0.338 e. The van der Waals surface area contributed by atoms with E-state index in [0.29, 0.717) is 35.2 Å². The average Bonchev–Trinajstić information content (AvgIpc) is 3.57. The summed E-state index contributed by atoms with van der Waals surface area (Å²) < 4.78 is 15.9. The Bertz CT molecular complexity index is 1510. The van der Waals surface area contributed by atoms with Crippen LogP contribution in [0.4, 0.5) is 5.69 Å². The highest BCUT2D eigenvalue weighted by atomic mass is 16.8. The number of H-pyrrole nitrogens is 1. The van der Waals surface area contributed by atoms with Crippen LogP contribution in [0.1, 0.15) is 34.6 Å². The number of rotatable bonds is 6. The lowest BCUT2D eigenvalue weighted by molar-refractivity contribution is -0.168. The zero-order chi connectivity index (χ0) is 29.3. The number of nitrogens with one attached hydrogen (secondary N) is 2. The highest BCUT2D eigenvalue weighted by Crippen LogP contribution is 2.31. The van der Waals surface area contributed by atoms with E-state index >= 15 is 0 Å². The van der Waals surface area contributed by atoms with Crippen molar-refractivity contribution in [2.24, 2.45) is 0 Å². The minimum atomic E-state index is -1.27. The lowest BCUT2D eigenvalue weighted by atomic mass is 10.1. The number of para-hydroxylation sites is 1. The number of ether oxygens (including phenoxy) is 3. The lowest BCUT2D eigenvalue weighted by Crippen LogP contribution is -2.52. The van der Waals surface area contributed by atoms with Crippen LogP contribution in [-0.4, -0.2) is 95.5 Å². The average molecular weight is 563 g/mol. The molecule has 0 bridgehead atoms. The van der Waals surface area contributed by atoms with E-state index in [1.807, 2.05) is 6.07 Å². The van der Waals surface area contributed by atoms with E-state index in [1.54, 1.807) is 61.2 Å². The number of aromatic nitrogens is 1. The van der Waals surface area contributed by atoms with Crippen molar-refractivity contribution in [3.63, 3.8) is 0 Å². The summed E-state index contributed by atoms with van der Waals surface area (Å²) >= 11 is 0. The third kappa shape index (κ3) is 5.56. The molecular weight excluding hydrogens is 532 g/mol. The molecule has 3 heterocycles. The van der Waals surface area contributed by atoms with Gasteiger partial charge in [-0.25, -0.2) is 4.79 Å². The van der Waals surface area contributed by atoms with Gasteiger partial charge in [0.2, 0.25) is 0 Å². The largest absolute Gasteiger partial charge is 0.467 e. The smallest absolute Gasteiger partial charge is 0.338 e. The maximum atomic E-state index is 13.3. The monoisotopic (exact) mass is 562 g/mol. The third-order valence-electron chi connectivity index (χ3n) is 7.08. The van der Waals surface area contributed by atoms with Gasteiger partial charge in [-0.2, -0.15) is 0 Å². The number of carbonyl (C=O) groups is 5. The predicted molar refractivity (Wildman–Crippen MR) is 146 cm³/mol. The summed E-state index contributed by atoms with van der Waals surface area (Å²) in [5.41, 5.74) is 1.46. The third-order valence-corrected chi connectivity index (χ3v) is 7.08. The van der Waals surface area contributed by atoms with E-state index in [2.05, 4.69) is 10.3 Å². The quantitative estimate of drug-likeness (QED) is 0.263. The van der Waals surface area contributed by atoms with Crippen molar-refractivity contribution in [2.75, 3.05) is 38.6 Å². The van der Waals surface area contributed by atoms with E-state index < -0.39 is 41.6 Å². The van der Waals surface area contributed by atoms with E-state index in [9.17, 15) is 24.0 Å². The van der Waals surface area contributed by atoms with E-state index in [-0.39, 0.29) is 24.6 Å². The standard InChI is InChI=1S/C29H30N4O8/c1-29(2)40-23(24(41-29)28(38)39-3)25(35)31-20-11-7-10-18-19(16-30-21(18)20)22(34)27(37)33-14-12-32(13-15-33)26(36)17-8-5-4-6-9-17/h4-11,16,23-24,30H,12-15H2,1-3H3,(H,31,35)/t23-,24-/m0/s1. The van der Waals surface area contributed by atoms with Gasteiger partial charge >= 0.3 is 5.97 Å². The van der Waals surface area contributed by atoms with Gasteiger partial charge in [0.1, 0.15) is 0 Å². The number of methoxy groups -OCH3 is 1. The molecule has 12 nitrogen and oxygen atoms in total. The summed E-state index contributed by atoms with van der Waals surface area (Å²) in [7, 11) is 1.19. The van der Waals surface area contributed by atoms with Crippen LogP contribution in [0.25, 0.3) is 10.9 Å². The lowest BCUT2D eigenvalue weighted by Gasteiger charge is -2.34. The van der Waals surface area contributed by atoms with Gasteiger partial charge < -0.3 is 34.3 Å². The van der Waals surface area contributed by atoms with Crippen LogP contribution in [0.3, 0.4) is 0 Å². The highest BCUT2D eigenvalue weighted by molar-refractivity contribution is 6.45.